The van der Waals surface area contributed by atoms with Gasteiger partial charge in [0.1, 0.15) is 18.2 Å². The number of para-hydroxylation sites is 1. The molecule has 0 fully saturated rings. The summed E-state index contributed by atoms with van der Waals surface area (Å²) in [5, 5.41) is 9.15. The van der Waals surface area contributed by atoms with Crippen LogP contribution in [0.2, 0.25) is 0 Å². The minimum atomic E-state index is -0.639. The van der Waals surface area contributed by atoms with Gasteiger partial charge in [0.25, 0.3) is 0 Å². The zero-order chi connectivity index (χ0) is 17.0. The van der Waals surface area contributed by atoms with Gasteiger partial charge in [0.05, 0.1) is 0 Å². The van der Waals surface area contributed by atoms with Gasteiger partial charge in [-0.15, -0.1) is 0 Å². The Hall–Kier alpha value is -2.80. The molecule has 0 N–H and O–H groups in total. The lowest BCUT2D eigenvalue weighted by Crippen LogP contribution is -2.22. The molecule has 23 heavy (non-hydrogen) atoms. The summed E-state index contributed by atoms with van der Waals surface area (Å²) < 4.78 is 4.91. The third-order valence-electron chi connectivity index (χ3n) is 4.02. The number of ether oxygens (including phenoxy) is 1. The molecule has 0 aromatic heterocycles. The first-order valence-corrected chi connectivity index (χ1v) is 7.37. The van der Waals surface area contributed by atoms with Crippen molar-refractivity contribution < 1.29 is 9.53 Å². The van der Waals surface area contributed by atoms with E-state index in [0.29, 0.717) is 0 Å². The van der Waals surface area contributed by atoms with Gasteiger partial charge >= 0.3 is 5.97 Å². The van der Waals surface area contributed by atoms with Crippen molar-refractivity contribution in [2.24, 2.45) is 0 Å². The van der Waals surface area contributed by atoms with Gasteiger partial charge in [-0.25, -0.2) is 4.79 Å². The van der Waals surface area contributed by atoms with Gasteiger partial charge in [0.15, 0.2) is 0 Å². The molecule has 0 bridgehead atoms. The number of anilines is 1. The zero-order valence-corrected chi connectivity index (χ0v) is 13.7. The minimum Gasteiger partial charge on any atom is -0.457 e. The van der Waals surface area contributed by atoms with Gasteiger partial charge in [-0.05, 0) is 23.8 Å². The molecule has 0 spiro atoms. The maximum Gasteiger partial charge on any atom is 0.349 e. The van der Waals surface area contributed by atoms with Crippen molar-refractivity contribution in [2.45, 2.75) is 19.3 Å². The van der Waals surface area contributed by atoms with Crippen molar-refractivity contribution in [1.82, 2.24) is 0 Å². The average Bonchev–Trinajstić information content (AvgIpc) is 2.74. The van der Waals surface area contributed by atoms with Crippen LogP contribution in [0.25, 0.3) is 0 Å². The largest absolute Gasteiger partial charge is 0.457 e. The van der Waals surface area contributed by atoms with E-state index in [1.807, 2.05) is 31.3 Å². The van der Waals surface area contributed by atoms with Crippen molar-refractivity contribution in [2.75, 3.05) is 18.6 Å². The van der Waals surface area contributed by atoms with Gasteiger partial charge < -0.3 is 9.64 Å². The van der Waals surface area contributed by atoms with Crippen LogP contribution in [0.5, 0.6) is 0 Å². The zero-order valence-electron chi connectivity index (χ0n) is 13.7. The molecule has 0 atom stereocenters. The number of nitrogens with zero attached hydrogens (tertiary/aromatic N) is 2. The van der Waals surface area contributed by atoms with E-state index in [0.717, 1.165) is 11.4 Å². The van der Waals surface area contributed by atoms with Crippen LogP contribution in [0.1, 0.15) is 19.4 Å². The van der Waals surface area contributed by atoms with Crippen molar-refractivity contribution in [3.05, 3.63) is 65.9 Å². The van der Waals surface area contributed by atoms with Gasteiger partial charge in [-0.3, -0.25) is 0 Å². The molecule has 0 saturated heterocycles. The van der Waals surface area contributed by atoms with E-state index in [4.69, 9.17) is 10.00 Å². The first-order valence-electron chi connectivity index (χ1n) is 7.37. The normalized spacial score (nSPS) is 17.6. The monoisotopic (exact) mass is 308 g/mol. The van der Waals surface area contributed by atoms with Crippen molar-refractivity contribution in [1.29, 1.82) is 5.26 Å². The molecule has 0 aliphatic carbocycles. The number of likely N-dealkylation sites (N-methyl/N-ethyl adjacent to an activating group) is 1. The highest BCUT2D eigenvalue weighted by atomic mass is 16.5. The smallest absolute Gasteiger partial charge is 0.349 e. The van der Waals surface area contributed by atoms with E-state index in [2.05, 4.69) is 37.5 Å². The highest BCUT2D eigenvalue weighted by molar-refractivity contribution is 5.93. The Morgan fingerprint density at radius 3 is 2.74 bits per heavy atom. The van der Waals surface area contributed by atoms with E-state index < -0.39 is 5.97 Å². The minimum absolute atomic E-state index is 0.0282. The fourth-order valence-electron chi connectivity index (χ4n) is 2.83. The summed E-state index contributed by atoms with van der Waals surface area (Å²) in [5.41, 5.74) is 3.13. The number of hydrogen-bond donors (Lipinski definition) is 0. The second-order valence-corrected chi connectivity index (χ2v) is 5.83. The molecule has 1 aromatic carbocycles. The van der Waals surface area contributed by atoms with Gasteiger partial charge in [-0.1, -0.05) is 44.7 Å². The van der Waals surface area contributed by atoms with E-state index in [-0.39, 0.29) is 17.6 Å². The topological polar surface area (TPSA) is 53.3 Å². The number of esters is 1. The highest BCUT2D eigenvalue weighted by Crippen LogP contribution is 2.46. The average molecular weight is 308 g/mol. The van der Waals surface area contributed by atoms with Crippen LogP contribution in [0.4, 0.5) is 5.69 Å². The molecule has 1 heterocycles. The number of hydrogen-bond acceptors (Lipinski definition) is 4. The van der Waals surface area contributed by atoms with Crippen molar-refractivity contribution in [3.63, 3.8) is 0 Å². The van der Waals surface area contributed by atoms with Crippen LogP contribution in [-0.2, 0) is 14.9 Å². The van der Waals surface area contributed by atoms with Crippen LogP contribution in [0.3, 0.4) is 0 Å². The maximum absolute atomic E-state index is 11.8. The molecule has 0 radical (unpaired) electrons. The number of fused-ring (bicyclic) bond motifs is 1. The summed E-state index contributed by atoms with van der Waals surface area (Å²) in [6, 6.07) is 10.1. The number of allylic oxidation sites excluding steroid dienone is 3. The van der Waals surface area contributed by atoms with Gasteiger partial charge in [-0.2, -0.15) is 5.26 Å². The molecule has 118 valence electrons. The molecular weight excluding hydrogens is 288 g/mol. The van der Waals surface area contributed by atoms with Crippen LogP contribution in [0, 0.1) is 11.3 Å². The Bertz CT molecular complexity index is 736. The predicted octanol–water partition coefficient (Wildman–Crippen LogP) is 3.48. The molecule has 1 aliphatic heterocycles. The number of carbonyl (C=O) groups is 1. The van der Waals surface area contributed by atoms with E-state index in [9.17, 15) is 4.79 Å². The summed E-state index contributed by atoms with van der Waals surface area (Å²) >= 11 is 0. The molecule has 2 rings (SSSR count). The maximum atomic E-state index is 11.8. The Labute approximate surface area is 137 Å². The van der Waals surface area contributed by atoms with Crippen molar-refractivity contribution >= 4 is 11.7 Å². The molecule has 0 amide bonds. The van der Waals surface area contributed by atoms with Crippen molar-refractivity contribution in [3.8, 4) is 6.07 Å². The Morgan fingerprint density at radius 2 is 2.13 bits per heavy atom. The van der Waals surface area contributed by atoms with Crippen LogP contribution >= 0.6 is 0 Å². The quantitative estimate of drug-likeness (QED) is 0.370. The second kappa shape index (κ2) is 6.53. The number of rotatable bonds is 4. The lowest BCUT2D eigenvalue weighted by atomic mass is 9.83. The summed E-state index contributed by atoms with van der Waals surface area (Å²) in [7, 11) is 1.98. The number of nitriles is 1. The van der Waals surface area contributed by atoms with Crippen LogP contribution < -0.4 is 4.90 Å². The summed E-state index contributed by atoms with van der Waals surface area (Å²) in [6.45, 7) is 7.81. The summed E-state index contributed by atoms with van der Waals surface area (Å²) in [5.74, 6) is -0.639. The SMILES string of the molecule is C=CCOC(=O)/C(C#N)=C/C=C1\N(C)c2ccccc2C1(C)C. The van der Waals surface area contributed by atoms with E-state index >= 15 is 0 Å². The molecule has 4 nitrogen and oxygen atoms in total. The molecule has 4 heteroatoms. The second-order valence-electron chi connectivity index (χ2n) is 5.83. The van der Waals surface area contributed by atoms with Crippen LogP contribution in [-0.4, -0.2) is 19.6 Å². The third kappa shape index (κ3) is 3.04. The fourth-order valence-corrected chi connectivity index (χ4v) is 2.83. The van der Waals surface area contributed by atoms with E-state index in [1.54, 1.807) is 0 Å². The Morgan fingerprint density at radius 1 is 1.43 bits per heavy atom. The van der Waals surface area contributed by atoms with Gasteiger partial charge in [0, 0.05) is 23.8 Å². The van der Waals surface area contributed by atoms with E-state index in [1.165, 1.54) is 17.7 Å². The molecule has 1 aliphatic rings. The predicted molar refractivity (Wildman–Crippen MR) is 90.8 cm³/mol. The summed E-state index contributed by atoms with van der Waals surface area (Å²) in [4.78, 5) is 13.9. The Balaban J connectivity index is 2.36. The standard InChI is InChI=1S/C19H20N2O2/c1-5-12-23-18(22)14(13-20)10-11-17-19(2,3)15-8-6-7-9-16(15)21(17)4/h5-11H,1,12H2,2-4H3/b14-10+,17-11-. The van der Waals surface area contributed by atoms with Gasteiger partial charge in [0.2, 0.25) is 0 Å². The molecule has 0 unspecified atom stereocenters. The molecule has 0 saturated carbocycles. The Kier molecular flexibility index (Phi) is 4.71. The number of carbonyl (C=O) groups excluding carboxylic acids is 1. The molecular formula is C19H20N2O2. The third-order valence-corrected chi connectivity index (χ3v) is 4.02. The highest BCUT2D eigenvalue weighted by Gasteiger charge is 2.37. The lowest BCUT2D eigenvalue weighted by Gasteiger charge is -2.23. The van der Waals surface area contributed by atoms with Crippen LogP contribution in [0.15, 0.2) is 60.3 Å². The molecule has 1 aromatic rings. The summed E-state index contributed by atoms with van der Waals surface area (Å²) in [6.07, 6.45) is 4.80. The first-order chi connectivity index (χ1) is 10.9. The first kappa shape index (κ1) is 16.6. The number of benzene rings is 1. The fraction of sp³-hybridized carbons (Fsp3) is 0.263. The lowest BCUT2D eigenvalue weighted by molar-refractivity contribution is -0.137.